The van der Waals surface area contributed by atoms with E-state index >= 15 is 4.39 Å². The highest BCUT2D eigenvalue weighted by Crippen LogP contribution is 2.38. The van der Waals surface area contributed by atoms with E-state index in [1.54, 1.807) is 48.5 Å². The molecule has 1 heterocycles. The number of halogens is 1. The number of rotatable bonds is 8. The Morgan fingerprint density at radius 3 is 2.00 bits per heavy atom. The second kappa shape index (κ2) is 10.9. The van der Waals surface area contributed by atoms with Gasteiger partial charge in [0.2, 0.25) is 0 Å². The molecule has 0 aliphatic carbocycles. The lowest BCUT2D eigenvalue weighted by Crippen LogP contribution is -2.47. The molecule has 8 nitrogen and oxygen atoms in total. The maximum Gasteiger partial charge on any atom is 0.509 e. The minimum Gasteiger partial charge on any atom is -0.431 e. The van der Waals surface area contributed by atoms with E-state index in [0.29, 0.717) is 0 Å². The van der Waals surface area contributed by atoms with Gasteiger partial charge in [-0.1, -0.05) is 67.6 Å². The van der Waals surface area contributed by atoms with E-state index in [2.05, 4.69) is 0 Å². The Labute approximate surface area is 184 Å². The van der Waals surface area contributed by atoms with Crippen molar-refractivity contribution in [3.8, 4) is 0 Å². The van der Waals surface area contributed by atoms with Gasteiger partial charge in [0, 0.05) is 0 Å². The van der Waals surface area contributed by atoms with Gasteiger partial charge in [-0.15, -0.1) is 0 Å². The summed E-state index contributed by atoms with van der Waals surface area (Å²) in [4.78, 5) is 24.0. The van der Waals surface area contributed by atoms with E-state index in [1.807, 2.05) is 12.1 Å². The van der Waals surface area contributed by atoms with Gasteiger partial charge in [-0.25, -0.2) is 14.0 Å². The number of hydrogen-bond donors (Lipinski definition) is 1. The van der Waals surface area contributed by atoms with Crippen LogP contribution in [0.5, 0.6) is 0 Å². The molecular weight excluding hydrogens is 423 g/mol. The molecule has 0 bridgehead atoms. The molecule has 0 aromatic heterocycles. The molecule has 1 saturated heterocycles. The van der Waals surface area contributed by atoms with Crippen molar-refractivity contribution in [3.05, 3.63) is 71.8 Å². The molecule has 2 aromatic carbocycles. The zero-order valence-electron chi connectivity index (χ0n) is 17.5. The standard InChI is InChI=1S/C23H25FO8/c1-2-23(24)19(32-22(27)29-14-17-11-7-4-8-12-17)18(31-20(23)25)15-30-21(26)28-13-16-9-5-3-6-10-16/h3-12,18-20,25H,2,13-15H2,1H3/t18-,19-,20-,23-/m1/s1. The number of carbonyl (C=O) groups excluding carboxylic acids is 2. The zero-order valence-corrected chi connectivity index (χ0v) is 17.5. The highest BCUT2D eigenvalue weighted by Gasteiger charge is 2.59. The lowest BCUT2D eigenvalue weighted by atomic mass is 9.94. The van der Waals surface area contributed by atoms with Crippen LogP contribution in [0, 0.1) is 0 Å². The Morgan fingerprint density at radius 1 is 0.938 bits per heavy atom. The van der Waals surface area contributed by atoms with Gasteiger partial charge in [-0.2, -0.15) is 0 Å². The van der Waals surface area contributed by atoms with Crippen molar-refractivity contribution < 1.29 is 42.8 Å². The molecule has 1 fully saturated rings. The van der Waals surface area contributed by atoms with Crippen LogP contribution in [0.2, 0.25) is 0 Å². The molecule has 4 atom stereocenters. The Balaban J connectivity index is 1.54. The first-order valence-electron chi connectivity index (χ1n) is 10.2. The maximum absolute atomic E-state index is 15.3. The van der Waals surface area contributed by atoms with Crippen LogP contribution < -0.4 is 0 Å². The fraction of sp³-hybridized carbons (Fsp3) is 0.391. The lowest BCUT2D eigenvalue weighted by Gasteiger charge is -2.27. The van der Waals surface area contributed by atoms with Crippen LogP contribution in [0.15, 0.2) is 60.7 Å². The lowest BCUT2D eigenvalue weighted by molar-refractivity contribution is -0.150. The molecule has 9 heteroatoms. The van der Waals surface area contributed by atoms with E-state index in [9.17, 15) is 14.7 Å². The second-order valence-electron chi connectivity index (χ2n) is 7.21. The van der Waals surface area contributed by atoms with Crippen molar-refractivity contribution in [1.82, 2.24) is 0 Å². The van der Waals surface area contributed by atoms with Crippen LogP contribution in [-0.2, 0) is 36.9 Å². The topological polar surface area (TPSA) is 101 Å². The number of benzene rings is 2. The molecule has 172 valence electrons. The van der Waals surface area contributed by atoms with Gasteiger partial charge in [-0.05, 0) is 17.5 Å². The van der Waals surface area contributed by atoms with Gasteiger partial charge in [0.05, 0.1) is 0 Å². The molecule has 1 aliphatic rings. The number of carbonyl (C=O) groups is 2. The summed E-state index contributed by atoms with van der Waals surface area (Å²) in [5, 5.41) is 10.0. The van der Waals surface area contributed by atoms with Gasteiger partial charge in [-0.3, -0.25) is 0 Å². The molecule has 0 radical (unpaired) electrons. The Morgan fingerprint density at radius 2 is 1.47 bits per heavy atom. The largest absolute Gasteiger partial charge is 0.509 e. The Bertz CT molecular complexity index is 878. The summed E-state index contributed by atoms with van der Waals surface area (Å²) in [6, 6.07) is 17.8. The quantitative estimate of drug-likeness (QED) is 0.607. The Kier molecular flexibility index (Phi) is 8.02. The minimum absolute atomic E-state index is 0.0123. The van der Waals surface area contributed by atoms with Crippen molar-refractivity contribution in [2.24, 2.45) is 0 Å². The van der Waals surface area contributed by atoms with Crippen LogP contribution in [0.3, 0.4) is 0 Å². The number of aliphatic hydroxyl groups is 1. The SMILES string of the molecule is CC[C@]1(F)[C@H](O)O[C@H](COC(=O)OCc2ccccc2)[C@H]1OC(=O)OCc1ccccc1. The predicted octanol–water partition coefficient (Wildman–Crippen LogP) is 3.90. The van der Waals surface area contributed by atoms with E-state index in [0.717, 1.165) is 11.1 Å². The summed E-state index contributed by atoms with van der Waals surface area (Å²) in [6.45, 7) is 0.887. The number of aliphatic hydroxyl groups excluding tert-OH is 1. The zero-order chi connectivity index (χ0) is 23.0. The summed E-state index contributed by atoms with van der Waals surface area (Å²) in [7, 11) is 0. The molecule has 1 aliphatic heterocycles. The van der Waals surface area contributed by atoms with Crippen molar-refractivity contribution in [1.29, 1.82) is 0 Å². The first-order valence-corrected chi connectivity index (χ1v) is 10.2. The smallest absolute Gasteiger partial charge is 0.431 e. The molecule has 2 aromatic rings. The molecule has 3 rings (SSSR count). The monoisotopic (exact) mass is 448 g/mol. The summed E-state index contributed by atoms with van der Waals surface area (Å²) >= 11 is 0. The molecule has 1 N–H and O–H groups in total. The molecule has 0 amide bonds. The van der Waals surface area contributed by atoms with Gasteiger partial charge in [0.1, 0.15) is 25.9 Å². The molecule has 0 saturated carbocycles. The average molecular weight is 448 g/mol. The third kappa shape index (κ3) is 5.95. The first-order chi connectivity index (χ1) is 15.4. The fourth-order valence-corrected chi connectivity index (χ4v) is 3.24. The van der Waals surface area contributed by atoms with Gasteiger partial charge in [0.25, 0.3) is 0 Å². The summed E-state index contributed by atoms with van der Waals surface area (Å²) in [5.41, 5.74) is -0.920. The van der Waals surface area contributed by atoms with Crippen molar-refractivity contribution in [3.63, 3.8) is 0 Å². The molecule has 32 heavy (non-hydrogen) atoms. The third-order valence-corrected chi connectivity index (χ3v) is 5.05. The van der Waals surface area contributed by atoms with Crippen molar-refractivity contribution in [2.75, 3.05) is 6.61 Å². The highest BCUT2D eigenvalue weighted by atomic mass is 19.1. The summed E-state index contributed by atoms with van der Waals surface area (Å²) in [6.07, 6.45) is -7.02. The fourth-order valence-electron chi connectivity index (χ4n) is 3.24. The van der Waals surface area contributed by atoms with Crippen LogP contribution in [-0.4, -0.2) is 48.2 Å². The first kappa shape index (κ1) is 23.5. The van der Waals surface area contributed by atoms with E-state index in [4.69, 9.17) is 23.7 Å². The molecular formula is C23H25FO8. The molecule has 0 spiro atoms. The van der Waals surface area contributed by atoms with Gasteiger partial charge in [0.15, 0.2) is 18.1 Å². The van der Waals surface area contributed by atoms with E-state index < -0.39 is 43.1 Å². The Hall–Kier alpha value is -3.17. The predicted molar refractivity (Wildman–Crippen MR) is 109 cm³/mol. The van der Waals surface area contributed by atoms with E-state index in [-0.39, 0.29) is 19.6 Å². The van der Waals surface area contributed by atoms with Gasteiger partial charge >= 0.3 is 12.3 Å². The summed E-state index contributed by atoms with van der Waals surface area (Å²) in [5.74, 6) is 0. The van der Waals surface area contributed by atoms with Crippen LogP contribution >= 0.6 is 0 Å². The second-order valence-corrected chi connectivity index (χ2v) is 7.21. The minimum atomic E-state index is -2.40. The van der Waals surface area contributed by atoms with Crippen molar-refractivity contribution in [2.45, 2.75) is 50.7 Å². The van der Waals surface area contributed by atoms with Crippen molar-refractivity contribution >= 4 is 12.3 Å². The highest BCUT2D eigenvalue weighted by molar-refractivity contribution is 5.61. The summed E-state index contributed by atoms with van der Waals surface area (Å²) < 4.78 is 40.6. The number of ether oxygens (including phenoxy) is 5. The van der Waals surface area contributed by atoms with Gasteiger partial charge < -0.3 is 28.8 Å². The normalized spacial score (nSPS) is 24.5. The average Bonchev–Trinajstić information content (AvgIpc) is 3.06. The maximum atomic E-state index is 15.3. The third-order valence-electron chi connectivity index (χ3n) is 5.05. The van der Waals surface area contributed by atoms with E-state index in [1.165, 1.54) is 6.92 Å². The number of hydrogen-bond acceptors (Lipinski definition) is 8. The van der Waals surface area contributed by atoms with Crippen LogP contribution in [0.25, 0.3) is 0 Å². The van der Waals surface area contributed by atoms with Crippen LogP contribution in [0.1, 0.15) is 24.5 Å². The van der Waals surface area contributed by atoms with Crippen LogP contribution in [0.4, 0.5) is 14.0 Å². The molecule has 0 unspecified atom stereocenters. The number of alkyl halides is 1.